The molecule has 0 aliphatic carbocycles. The van der Waals surface area contributed by atoms with Gasteiger partial charge in [0.2, 0.25) is 0 Å². The molecular formula is C15H15BrN2O2. The van der Waals surface area contributed by atoms with Gasteiger partial charge in [-0.1, -0.05) is 15.9 Å². The molecule has 0 radical (unpaired) electrons. The summed E-state index contributed by atoms with van der Waals surface area (Å²) in [6.45, 7) is 2.04. The monoisotopic (exact) mass is 334 g/mol. The maximum atomic E-state index is 11.1. The number of benzene rings is 2. The van der Waals surface area contributed by atoms with Crippen LogP contribution in [0.3, 0.4) is 0 Å². The van der Waals surface area contributed by atoms with Gasteiger partial charge in [-0.2, -0.15) is 0 Å². The maximum absolute atomic E-state index is 11.1. The van der Waals surface area contributed by atoms with E-state index >= 15 is 0 Å². The minimum atomic E-state index is -0.477. The Labute approximate surface area is 126 Å². The number of halogens is 1. The fraction of sp³-hybridized carbons (Fsp3) is 0.133. The summed E-state index contributed by atoms with van der Waals surface area (Å²) in [6, 6.07) is 13.5. The summed E-state index contributed by atoms with van der Waals surface area (Å²) in [5.74, 6) is 0. The molecule has 0 saturated heterocycles. The minimum absolute atomic E-state index is 0.477. The van der Waals surface area contributed by atoms with Crippen LogP contribution in [0.25, 0.3) is 0 Å². The Morgan fingerprint density at radius 2 is 1.75 bits per heavy atom. The molecule has 2 aromatic carbocycles. The first-order valence-corrected chi connectivity index (χ1v) is 6.86. The number of hydrogen-bond donors (Lipinski definition) is 2. The summed E-state index contributed by atoms with van der Waals surface area (Å²) in [6.07, 6.45) is -0.477. The Hall–Kier alpha value is -2.01. The third-order valence-corrected chi connectivity index (χ3v) is 3.28. The second kappa shape index (κ2) is 6.43. The number of aryl methyl sites for hydroxylation is 1. The Morgan fingerprint density at radius 3 is 2.35 bits per heavy atom. The molecule has 0 spiro atoms. The molecule has 104 valence electrons. The normalized spacial score (nSPS) is 9.95. The van der Waals surface area contributed by atoms with Crippen molar-refractivity contribution >= 4 is 39.1 Å². The van der Waals surface area contributed by atoms with Crippen molar-refractivity contribution in [3.63, 3.8) is 0 Å². The predicted molar refractivity (Wildman–Crippen MR) is 84.6 cm³/mol. The van der Waals surface area contributed by atoms with Gasteiger partial charge in [-0.25, -0.2) is 4.79 Å². The molecule has 0 heterocycles. The summed E-state index contributed by atoms with van der Waals surface area (Å²) in [5, 5.41) is 5.94. The van der Waals surface area contributed by atoms with Crippen LogP contribution in [0.15, 0.2) is 46.9 Å². The van der Waals surface area contributed by atoms with Crippen molar-refractivity contribution in [1.29, 1.82) is 0 Å². The Balaban J connectivity index is 2.08. The van der Waals surface area contributed by atoms with Crippen LogP contribution in [0.1, 0.15) is 5.56 Å². The third kappa shape index (κ3) is 3.74. The molecule has 0 atom stereocenters. The minimum Gasteiger partial charge on any atom is -0.453 e. The quantitative estimate of drug-likeness (QED) is 0.856. The molecule has 0 bridgehead atoms. The molecule has 5 heteroatoms. The number of carbonyl (C=O) groups is 1. The van der Waals surface area contributed by atoms with E-state index in [1.54, 1.807) is 0 Å². The molecule has 0 aromatic heterocycles. The number of nitrogens with one attached hydrogen (secondary N) is 2. The summed E-state index contributed by atoms with van der Waals surface area (Å²) >= 11 is 3.44. The van der Waals surface area contributed by atoms with Gasteiger partial charge in [-0.05, 0) is 55.0 Å². The number of ether oxygens (including phenoxy) is 1. The van der Waals surface area contributed by atoms with Crippen molar-refractivity contribution in [3.05, 3.63) is 52.5 Å². The Morgan fingerprint density at radius 1 is 1.10 bits per heavy atom. The van der Waals surface area contributed by atoms with Crippen LogP contribution >= 0.6 is 15.9 Å². The topological polar surface area (TPSA) is 50.4 Å². The van der Waals surface area contributed by atoms with E-state index in [0.717, 1.165) is 21.4 Å². The zero-order valence-electron chi connectivity index (χ0n) is 11.2. The highest BCUT2D eigenvalue weighted by molar-refractivity contribution is 9.10. The van der Waals surface area contributed by atoms with Gasteiger partial charge in [-0.15, -0.1) is 0 Å². The maximum Gasteiger partial charge on any atom is 0.411 e. The van der Waals surface area contributed by atoms with Gasteiger partial charge >= 0.3 is 6.09 Å². The van der Waals surface area contributed by atoms with Gasteiger partial charge in [0.05, 0.1) is 7.11 Å². The molecule has 0 fully saturated rings. The number of amides is 1. The smallest absolute Gasteiger partial charge is 0.411 e. The number of carbonyl (C=O) groups excluding carboxylic acids is 1. The lowest BCUT2D eigenvalue weighted by Crippen LogP contribution is -2.10. The second-order valence-electron chi connectivity index (χ2n) is 4.28. The summed E-state index contributed by atoms with van der Waals surface area (Å²) in [7, 11) is 1.33. The standard InChI is InChI=1S/C15H15BrN2O2/c1-10-9-11(16)3-8-14(10)17-12-4-6-13(7-5-12)18-15(19)20-2/h3-9,17H,1-2H3,(H,18,19). The Kier molecular flexibility index (Phi) is 4.63. The van der Waals surface area contributed by atoms with E-state index in [1.165, 1.54) is 7.11 Å². The average molecular weight is 335 g/mol. The van der Waals surface area contributed by atoms with Crippen LogP contribution in [0, 0.1) is 6.92 Å². The van der Waals surface area contributed by atoms with Crippen LogP contribution in [-0.4, -0.2) is 13.2 Å². The Bertz CT molecular complexity index is 612. The van der Waals surface area contributed by atoms with Gasteiger partial charge in [0, 0.05) is 21.5 Å². The molecule has 1 amide bonds. The van der Waals surface area contributed by atoms with Gasteiger partial charge < -0.3 is 10.1 Å². The molecule has 2 rings (SSSR count). The number of rotatable bonds is 3. The fourth-order valence-corrected chi connectivity index (χ4v) is 2.20. The molecule has 0 saturated carbocycles. The van der Waals surface area contributed by atoms with E-state index in [-0.39, 0.29) is 0 Å². The van der Waals surface area contributed by atoms with Gasteiger partial charge in [0.15, 0.2) is 0 Å². The molecule has 0 aliphatic heterocycles. The first-order chi connectivity index (χ1) is 9.58. The van der Waals surface area contributed by atoms with E-state index in [1.807, 2.05) is 43.3 Å². The number of methoxy groups -OCH3 is 1. The average Bonchev–Trinajstić information content (AvgIpc) is 2.44. The number of anilines is 3. The highest BCUT2D eigenvalue weighted by Crippen LogP contribution is 2.24. The van der Waals surface area contributed by atoms with Gasteiger partial charge in [-0.3, -0.25) is 5.32 Å². The fourth-order valence-electron chi connectivity index (χ4n) is 1.73. The largest absolute Gasteiger partial charge is 0.453 e. The van der Waals surface area contributed by atoms with Crippen LogP contribution in [0.5, 0.6) is 0 Å². The van der Waals surface area contributed by atoms with Crippen molar-refractivity contribution in [2.45, 2.75) is 6.92 Å². The lowest BCUT2D eigenvalue weighted by Gasteiger charge is -2.11. The lowest BCUT2D eigenvalue weighted by atomic mass is 10.2. The zero-order valence-corrected chi connectivity index (χ0v) is 12.8. The molecule has 0 unspecified atom stereocenters. The van der Waals surface area contributed by atoms with E-state index in [9.17, 15) is 4.79 Å². The van der Waals surface area contributed by atoms with Gasteiger partial charge in [0.1, 0.15) is 0 Å². The molecule has 4 nitrogen and oxygen atoms in total. The van der Waals surface area contributed by atoms with Crippen molar-refractivity contribution in [3.8, 4) is 0 Å². The SMILES string of the molecule is COC(=O)Nc1ccc(Nc2ccc(Br)cc2C)cc1. The zero-order chi connectivity index (χ0) is 14.5. The van der Waals surface area contributed by atoms with E-state index in [4.69, 9.17) is 0 Å². The predicted octanol–water partition coefficient (Wildman–Crippen LogP) is 4.68. The van der Waals surface area contributed by atoms with Crippen LogP contribution in [0.4, 0.5) is 21.9 Å². The number of hydrogen-bond acceptors (Lipinski definition) is 3. The van der Waals surface area contributed by atoms with Gasteiger partial charge in [0.25, 0.3) is 0 Å². The van der Waals surface area contributed by atoms with Crippen molar-refractivity contribution in [1.82, 2.24) is 0 Å². The van der Waals surface area contributed by atoms with Crippen LogP contribution in [-0.2, 0) is 4.74 Å². The van der Waals surface area contributed by atoms with E-state index in [2.05, 4.69) is 37.4 Å². The summed E-state index contributed by atoms with van der Waals surface area (Å²) in [5.41, 5.74) is 3.83. The van der Waals surface area contributed by atoms with E-state index < -0.39 is 6.09 Å². The highest BCUT2D eigenvalue weighted by Gasteiger charge is 2.02. The molecule has 2 aromatic rings. The molecule has 20 heavy (non-hydrogen) atoms. The lowest BCUT2D eigenvalue weighted by molar-refractivity contribution is 0.187. The third-order valence-electron chi connectivity index (χ3n) is 2.78. The molecule has 0 aliphatic rings. The molecule has 2 N–H and O–H groups in total. The first-order valence-electron chi connectivity index (χ1n) is 6.06. The summed E-state index contributed by atoms with van der Waals surface area (Å²) in [4.78, 5) is 11.1. The highest BCUT2D eigenvalue weighted by atomic mass is 79.9. The first kappa shape index (κ1) is 14.4. The van der Waals surface area contributed by atoms with Crippen molar-refractivity contribution in [2.75, 3.05) is 17.7 Å². The summed E-state index contributed by atoms with van der Waals surface area (Å²) < 4.78 is 5.59. The van der Waals surface area contributed by atoms with E-state index in [0.29, 0.717) is 5.69 Å². The second-order valence-corrected chi connectivity index (χ2v) is 5.19. The molecular weight excluding hydrogens is 320 g/mol. The van der Waals surface area contributed by atoms with Crippen LogP contribution in [0.2, 0.25) is 0 Å². The van der Waals surface area contributed by atoms with Crippen molar-refractivity contribution in [2.24, 2.45) is 0 Å². The van der Waals surface area contributed by atoms with Crippen LogP contribution < -0.4 is 10.6 Å². The van der Waals surface area contributed by atoms with Crippen molar-refractivity contribution < 1.29 is 9.53 Å².